The van der Waals surface area contributed by atoms with Crippen molar-refractivity contribution in [2.75, 3.05) is 6.61 Å². The molecule has 0 saturated heterocycles. The fourth-order valence-electron chi connectivity index (χ4n) is 1.90. The average molecular weight is 370 g/mol. The molecule has 120 valence electrons. The van der Waals surface area contributed by atoms with Crippen LogP contribution in [-0.2, 0) is 4.43 Å². The lowest BCUT2D eigenvalue weighted by Crippen LogP contribution is -2.38. The van der Waals surface area contributed by atoms with Crippen molar-refractivity contribution in [2.24, 2.45) is 0 Å². The summed E-state index contributed by atoms with van der Waals surface area (Å²) in [6, 6.07) is 3.34. The van der Waals surface area contributed by atoms with E-state index in [4.69, 9.17) is 43.7 Å². The molecule has 1 rings (SSSR count). The molecule has 0 atom stereocenters. The lowest BCUT2D eigenvalue weighted by Gasteiger charge is -2.25. The van der Waals surface area contributed by atoms with Crippen LogP contribution in [0.3, 0.4) is 0 Å². The Bertz CT molecular complexity index is 453. The minimum atomic E-state index is -2.33. The van der Waals surface area contributed by atoms with Crippen molar-refractivity contribution >= 4 is 43.4 Å². The van der Waals surface area contributed by atoms with Crippen molar-refractivity contribution in [1.29, 1.82) is 0 Å². The number of hydrogen-bond donors (Lipinski definition) is 0. The van der Waals surface area contributed by atoms with Crippen LogP contribution >= 0.6 is 34.8 Å². The Balaban J connectivity index is 2.51. The second-order valence-electron chi connectivity index (χ2n) is 5.44. The molecule has 0 aromatic heterocycles. The van der Waals surface area contributed by atoms with Crippen molar-refractivity contribution in [3.63, 3.8) is 0 Å². The van der Waals surface area contributed by atoms with Gasteiger partial charge in [-0.1, -0.05) is 67.4 Å². The van der Waals surface area contributed by atoms with Gasteiger partial charge in [-0.15, -0.1) is 0 Å². The lowest BCUT2D eigenvalue weighted by atomic mass is 10.2. The van der Waals surface area contributed by atoms with Crippen LogP contribution in [0, 0.1) is 0 Å². The number of halogens is 3. The normalized spacial score (nSPS) is 11.7. The molecule has 0 saturated carbocycles. The molecule has 0 heterocycles. The maximum atomic E-state index is 6.15. The van der Waals surface area contributed by atoms with Crippen molar-refractivity contribution in [3.05, 3.63) is 27.2 Å². The summed E-state index contributed by atoms with van der Waals surface area (Å²) in [5, 5.41) is 1.23. The quantitative estimate of drug-likeness (QED) is 0.273. The zero-order valence-corrected chi connectivity index (χ0v) is 16.1. The Hall–Kier alpha value is 0.0669. The van der Waals surface area contributed by atoms with E-state index in [0.717, 1.165) is 6.42 Å². The Kier molecular flexibility index (Phi) is 8.43. The van der Waals surface area contributed by atoms with Crippen LogP contribution in [0.4, 0.5) is 0 Å². The monoisotopic (exact) mass is 368 g/mol. The highest BCUT2D eigenvalue weighted by Crippen LogP contribution is 2.39. The zero-order valence-electron chi connectivity index (χ0n) is 12.8. The SMILES string of the molecule is CCCCCCCO[Si](C)(C)Oc1c(Cl)ccc(Cl)c1Cl. The van der Waals surface area contributed by atoms with Gasteiger partial charge in [-0.3, -0.25) is 0 Å². The van der Waals surface area contributed by atoms with Crippen LogP contribution in [0.5, 0.6) is 5.75 Å². The molecule has 0 fully saturated rings. The maximum absolute atomic E-state index is 6.15. The highest BCUT2D eigenvalue weighted by Gasteiger charge is 2.29. The van der Waals surface area contributed by atoms with Crippen LogP contribution in [0.15, 0.2) is 12.1 Å². The fraction of sp³-hybridized carbons (Fsp3) is 0.600. The Labute approximate surface area is 143 Å². The van der Waals surface area contributed by atoms with Crippen molar-refractivity contribution in [2.45, 2.75) is 52.1 Å². The van der Waals surface area contributed by atoms with Gasteiger partial charge in [0.15, 0.2) is 0 Å². The summed E-state index contributed by atoms with van der Waals surface area (Å²) < 4.78 is 11.9. The summed E-state index contributed by atoms with van der Waals surface area (Å²) in [6.45, 7) is 6.87. The molecule has 21 heavy (non-hydrogen) atoms. The van der Waals surface area contributed by atoms with E-state index in [1.807, 2.05) is 13.1 Å². The van der Waals surface area contributed by atoms with E-state index in [2.05, 4.69) is 6.92 Å². The Morgan fingerprint density at radius 1 is 0.952 bits per heavy atom. The second kappa shape index (κ2) is 9.26. The molecule has 0 amide bonds. The third-order valence-electron chi connectivity index (χ3n) is 3.05. The fourth-order valence-corrected chi connectivity index (χ4v) is 4.03. The molecule has 1 aromatic carbocycles. The van der Waals surface area contributed by atoms with Crippen LogP contribution < -0.4 is 4.43 Å². The molecule has 0 aliphatic carbocycles. The molecule has 0 aliphatic rings. The highest BCUT2D eigenvalue weighted by molar-refractivity contribution is 6.65. The first kappa shape index (κ1) is 19.1. The molecule has 6 heteroatoms. The minimum Gasteiger partial charge on any atom is -0.518 e. The van der Waals surface area contributed by atoms with E-state index in [0.29, 0.717) is 27.4 Å². The topological polar surface area (TPSA) is 18.5 Å². The van der Waals surface area contributed by atoms with Gasteiger partial charge in [-0.25, -0.2) is 0 Å². The van der Waals surface area contributed by atoms with Gasteiger partial charge >= 0.3 is 8.56 Å². The zero-order chi connectivity index (χ0) is 15.9. The molecule has 0 spiro atoms. The van der Waals surface area contributed by atoms with Crippen LogP contribution in [-0.4, -0.2) is 15.2 Å². The highest BCUT2D eigenvalue weighted by atomic mass is 35.5. The molecule has 0 radical (unpaired) electrons. The molecule has 0 bridgehead atoms. The first-order chi connectivity index (χ1) is 9.87. The molecule has 0 aliphatic heterocycles. The van der Waals surface area contributed by atoms with Crippen LogP contribution in [0.1, 0.15) is 39.0 Å². The third kappa shape index (κ3) is 6.79. The predicted molar refractivity (Wildman–Crippen MR) is 94.3 cm³/mol. The summed E-state index contributed by atoms with van der Waals surface area (Å²) in [7, 11) is -2.33. The summed E-state index contributed by atoms with van der Waals surface area (Å²) in [6.07, 6.45) is 6.03. The predicted octanol–water partition coefficient (Wildman–Crippen LogP) is 6.71. The van der Waals surface area contributed by atoms with Gasteiger partial charge in [0.1, 0.15) is 10.8 Å². The van der Waals surface area contributed by atoms with Crippen LogP contribution in [0.2, 0.25) is 28.2 Å². The van der Waals surface area contributed by atoms with Crippen molar-refractivity contribution in [1.82, 2.24) is 0 Å². The minimum absolute atomic E-state index is 0.344. The van der Waals surface area contributed by atoms with E-state index in [-0.39, 0.29) is 0 Å². The largest absolute Gasteiger partial charge is 0.518 e. The van der Waals surface area contributed by atoms with Gasteiger partial charge in [0, 0.05) is 6.61 Å². The van der Waals surface area contributed by atoms with Gasteiger partial charge in [-0.2, -0.15) is 0 Å². The molecular weight excluding hydrogens is 347 g/mol. The van der Waals surface area contributed by atoms with Gasteiger partial charge in [0.25, 0.3) is 0 Å². The third-order valence-corrected chi connectivity index (χ3v) is 5.73. The van der Waals surface area contributed by atoms with Gasteiger partial charge in [0.2, 0.25) is 0 Å². The van der Waals surface area contributed by atoms with Crippen molar-refractivity contribution < 1.29 is 8.85 Å². The van der Waals surface area contributed by atoms with E-state index < -0.39 is 8.56 Å². The standard InChI is InChI=1S/C15H23Cl3O2Si/c1-4-5-6-7-8-11-19-21(2,3)20-15-13(17)10-9-12(16)14(15)18/h9-10H,4-8,11H2,1-3H3. The summed E-state index contributed by atoms with van der Waals surface area (Å²) in [5.41, 5.74) is 0. The number of rotatable bonds is 9. The molecule has 0 N–H and O–H groups in total. The van der Waals surface area contributed by atoms with E-state index in [1.165, 1.54) is 25.7 Å². The van der Waals surface area contributed by atoms with Gasteiger partial charge < -0.3 is 8.85 Å². The average Bonchev–Trinajstić information content (AvgIpc) is 2.43. The summed E-state index contributed by atoms with van der Waals surface area (Å²) in [4.78, 5) is 0. The van der Waals surface area contributed by atoms with E-state index >= 15 is 0 Å². The number of unbranched alkanes of at least 4 members (excludes halogenated alkanes) is 4. The van der Waals surface area contributed by atoms with Crippen LogP contribution in [0.25, 0.3) is 0 Å². The number of benzene rings is 1. The molecule has 1 aromatic rings. The first-order valence-electron chi connectivity index (χ1n) is 7.34. The Morgan fingerprint density at radius 3 is 2.24 bits per heavy atom. The van der Waals surface area contributed by atoms with Crippen molar-refractivity contribution in [3.8, 4) is 5.75 Å². The Morgan fingerprint density at radius 2 is 1.57 bits per heavy atom. The van der Waals surface area contributed by atoms with Gasteiger partial charge in [-0.05, 0) is 31.6 Å². The molecule has 0 unspecified atom stereocenters. The lowest BCUT2D eigenvalue weighted by molar-refractivity contribution is 0.241. The maximum Gasteiger partial charge on any atom is 0.392 e. The van der Waals surface area contributed by atoms with E-state index in [1.54, 1.807) is 12.1 Å². The van der Waals surface area contributed by atoms with E-state index in [9.17, 15) is 0 Å². The second-order valence-corrected chi connectivity index (χ2v) is 9.92. The first-order valence-corrected chi connectivity index (χ1v) is 11.3. The molecular formula is C15H23Cl3O2Si. The summed E-state index contributed by atoms with van der Waals surface area (Å²) >= 11 is 18.3. The summed E-state index contributed by atoms with van der Waals surface area (Å²) in [5.74, 6) is 0.425. The number of hydrogen-bond acceptors (Lipinski definition) is 2. The van der Waals surface area contributed by atoms with Gasteiger partial charge in [0.05, 0.1) is 10.0 Å². The smallest absolute Gasteiger partial charge is 0.392 e. The molecule has 2 nitrogen and oxygen atoms in total.